The van der Waals surface area contributed by atoms with E-state index < -0.39 is 6.10 Å². The summed E-state index contributed by atoms with van der Waals surface area (Å²) in [5.74, 6) is 0.568. The molecule has 22 heavy (non-hydrogen) atoms. The fraction of sp³-hybridized carbons (Fsp3) is 0.316. The molecule has 0 heterocycles. The van der Waals surface area contributed by atoms with Crippen LogP contribution in [-0.2, 0) is 11.2 Å². The first-order chi connectivity index (χ1) is 10.5. The van der Waals surface area contributed by atoms with E-state index in [9.17, 15) is 4.79 Å². The monoisotopic (exact) mass is 297 g/mol. The minimum atomic E-state index is -0.550. The van der Waals surface area contributed by atoms with E-state index in [1.165, 1.54) is 5.56 Å². The summed E-state index contributed by atoms with van der Waals surface area (Å²) in [5, 5.41) is 2.96. The van der Waals surface area contributed by atoms with Gasteiger partial charge in [0.2, 0.25) is 0 Å². The number of nitrogens with one attached hydrogen (secondary N) is 1. The molecule has 2 aromatic carbocycles. The Morgan fingerprint density at radius 2 is 1.68 bits per heavy atom. The van der Waals surface area contributed by atoms with Gasteiger partial charge in [0.1, 0.15) is 5.75 Å². The topological polar surface area (TPSA) is 38.3 Å². The maximum Gasteiger partial charge on any atom is 0.265 e. The molecule has 3 nitrogen and oxygen atoms in total. The number of aryl methyl sites for hydroxylation is 3. The van der Waals surface area contributed by atoms with Crippen molar-refractivity contribution in [3.63, 3.8) is 0 Å². The maximum atomic E-state index is 12.3. The highest BCUT2D eigenvalue weighted by molar-refractivity contribution is 5.95. The first-order valence-corrected chi connectivity index (χ1v) is 7.64. The molecule has 0 aliphatic heterocycles. The van der Waals surface area contributed by atoms with Crippen molar-refractivity contribution in [2.45, 2.75) is 40.2 Å². The number of carbonyl (C=O) groups is 1. The zero-order chi connectivity index (χ0) is 16.1. The summed E-state index contributed by atoms with van der Waals surface area (Å²) in [5.41, 5.74) is 4.21. The molecule has 0 radical (unpaired) electrons. The van der Waals surface area contributed by atoms with Crippen molar-refractivity contribution in [2.75, 3.05) is 5.32 Å². The lowest BCUT2D eigenvalue weighted by atomic mass is 10.1. The van der Waals surface area contributed by atoms with Crippen LogP contribution in [-0.4, -0.2) is 12.0 Å². The highest BCUT2D eigenvalue weighted by atomic mass is 16.5. The Bertz CT molecular complexity index is 627. The molecule has 2 rings (SSSR count). The predicted octanol–water partition coefficient (Wildman–Crippen LogP) is 4.27. The largest absolute Gasteiger partial charge is 0.481 e. The third kappa shape index (κ3) is 3.88. The molecule has 2 aromatic rings. The highest BCUT2D eigenvalue weighted by Gasteiger charge is 2.16. The summed E-state index contributed by atoms with van der Waals surface area (Å²) in [6.07, 6.45) is 0.439. The van der Waals surface area contributed by atoms with Gasteiger partial charge >= 0.3 is 0 Å². The number of carbonyl (C=O) groups excluding carboxylic acids is 1. The second kappa shape index (κ2) is 7.12. The zero-order valence-electron chi connectivity index (χ0n) is 13.6. The van der Waals surface area contributed by atoms with Crippen LogP contribution < -0.4 is 10.1 Å². The SMILES string of the molecule is CCc1ccc(OC(C)C(=O)Nc2c(C)cccc2C)cc1. The van der Waals surface area contributed by atoms with E-state index in [-0.39, 0.29) is 5.91 Å². The molecule has 0 spiro atoms. The van der Waals surface area contributed by atoms with Crippen molar-refractivity contribution in [1.82, 2.24) is 0 Å². The number of hydrogen-bond acceptors (Lipinski definition) is 2. The van der Waals surface area contributed by atoms with Gasteiger partial charge in [0.25, 0.3) is 5.91 Å². The maximum absolute atomic E-state index is 12.3. The second-order valence-corrected chi connectivity index (χ2v) is 5.51. The van der Waals surface area contributed by atoms with Gasteiger partial charge in [0.15, 0.2) is 6.10 Å². The van der Waals surface area contributed by atoms with Crippen molar-refractivity contribution in [3.8, 4) is 5.75 Å². The van der Waals surface area contributed by atoms with Crippen LogP contribution in [0.3, 0.4) is 0 Å². The summed E-state index contributed by atoms with van der Waals surface area (Å²) in [4.78, 5) is 12.3. The van der Waals surface area contributed by atoms with Crippen LogP contribution in [0.1, 0.15) is 30.5 Å². The summed E-state index contributed by atoms with van der Waals surface area (Å²) in [6.45, 7) is 7.84. The van der Waals surface area contributed by atoms with Crippen LogP contribution in [0.4, 0.5) is 5.69 Å². The van der Waals surface area contributed by atoms with Crippen molar-refractivity contribution < 1.29 is 9.53 Å². The molecule has 0 aromatic heterocycles. The average Bonchev–Trinajstić information content (AvgIpc) is 2.51. The van der Waals surface area contributed by atoms with Crippen molar-refractivity contribution in [1.29, 1.82) is 0 Å². The number of amides is 1. The molecule has 0 aliphatic carbocycles. The van der Waals surface area contributed by atoms with Gasteiger partial charge in [-0.3, -0.25) is 4.79 Å². The Kier molecular flexibility index (Phi) is 5.21. The standard InChI is InChI=1S/C19H23NO2/c1-5-16-9-11-17(12-10-16)22-15(4)19(21)20-18-13(2)7-6-8-14(18)3/h6-12,15H,5H2,1-4H3,(H,20,21). The van der Waals surface area contributed by atoms with Crippen molar-refractivity contribution >= 4 is 11.6 Å². The smallest absolute Gasteiger partial charge is 0.265 e. The summed E-state index contributed by atoms with van der Waals surface area (Å²) >= 11 is 0. The number of rotatable bonds is 5. The molecule has 0 saturated heterocycles. The van der Waals surface area contributed by atoms with Gasteiger partial charge in [-0.05, 0) is 56.0 Å². The minimum Gasteiger partial charge on any atom is -0.481 e. The van der Waals surface area contributed by atoms with Gasteiger partial charge in [-0.2, -0.15) is 0 Å². The van der Waals surface area contributed by atoms with Gasteiger partial charge in [0.05, 0.1) is 0 Å². The Balaban J connectivity index is 2.02. The Morgan fingerprint density at radius 1 is 1.09 bits per heavy atom. The van der Waals surface area contributed by atoms with E-state index in [0.717, 1.165) is 23.2 Å². The van der Waals surface area contributed by atoms with E-state index in [0.29, 0.717) is 5.75 Å². The fourth-order valence-electron chi connectivity index (χ4n) is 2.30. The average molecular weight is 297 g/mol. The third-order valence-electron chi connectivity index (χ3n) is 3.74. The van der Waals surface area contributed by atoms with Gasteiger partial charge < -0.3 is 10.1 Å². The summed E-state index contributed by atoms with van der Waals surface area (Å²) in [6, 6.07) is 13.8. The molecule has 0 saturated carbocycles. The van der Waals surface area contributed by atoms with E-state index in [4.69, 9.17) is 4.74 Å². The number of ether oxygens (including phenoxy) is 1. The van der Waals surface area contributed by atoms with Crippen LogP contribution >= 0.6 is 0 Å². The third-order valence-corrected chi connectivity index (χ3v) is 3.74. The number of hydrogen-bond donors (Lipinski definition) is 1. The molecule has 1 N–H and O–H groups in total. The summed E-state index contributed by atoms with van der Waals surface area (Å²) < 4.78 is 5.72. The van der Waals surface area contributed by atoms with E-state index in [1.54, 1.807) is 6.92 Å². The number of para-hydroxylation sites is 1. The molecular formula is C19H23NO2. The first kappa shape index (κ1) is 16.1. The molecular weight excluding hydrogens is 274 g/mol. The Labute approximate surface area is 132 Å². The highest BCUT2D eigenvalue weighted by Crippen LogP contribution is 2.20. The van der Waals surface area contributed by atoms with Gasteiger partial charge in [0, 0.05) is 5.69 Å². The molecule has 0 fully saturated rings. The van der Waals surface area contributed by atoms with Gasteiger partial charge in [-0.25, -0.2) is 0 Å². The molecule has 1 amide bonds. The van der Waals surface area contributed by atoms with E-state index in [1.807, 2.05) is 56.3 Å². The summed E-state index contributed by atoms with van der Waals surface area (Å²) in [7, 11) is 0. The molecule has 0 aliphatic rings. The molecule has 3 heteroatoms. The lowest BCUT2D eigenvalue weighted by Crippen LogP contribution is -2.30. The Morgan fingerprint density at radius 3 is 2.23 bits per heavy atom. The predicted molar refractivity (Wildman–Crippen MR) is 90.5 cm³/mol. The minimum absolute atomic E-state index is 0.142. The molecule has 1 atom stereocenters. The van der Waals surface area contributed by atoms with Gasteiger partial charge in [-0.15, -0.1) is 0 Å². The van der Waals surface area contributed by atoms with Crippen LogP contribution in [0.25, 0.3) is 0 Å². The lowest BCUT2D eigenvalue weighted by molar-refractivity contribution is -0.122. The van der Waals surface area contributed by atoms with Crippen LogP contribution in [0.2, 0.25) is 0 Å². The van der Waals surface area contributed by atoms with Crippen LogP contribution in [0, 0.1) is 13.8 Å². The van der Waals surface area contributed by atoms with Crippen LogP contribution in [0.15, 0.2) is 42.5 Å². The van der Waals surface area contributed by atoms with E-state index >= 15 is 0 Å². The van der Waals surface area contributed by atoms with E-state index in [2.05, 4.69) is 12.2 Å². The normalized spacial score (nSPS) is 11.8. The fourth-order valence-corrected chi connectivity index (χ4v) is 2.30. The molecule has 116 valence electrons. The second-order valence-electron chi connectivity index (χ2n) is 5.51. The van der Waals surface area contributed by atoms with Gasteiger partial charge in [-0.1, -0.05) is 37.3 Å². The number of benzene rings is 2. The zero-order valence-corrected chi connectivity index (χ0v) is 13.6. The molecule has 1 unspecified atom stereocenters. The van der Waals surface area contributed by atoms with Crippen molar-refractivity contribution in [3.05, 3.63) is 59.2 Å². The molecule has 0 bridgehead atoms. The van der Waals surface area contributed by atoms with Crippen molar-refractivity contribution in [2.24, 2.45) is 0 Å². The number of anilines is 1. The quantitative estimate of drug-likeness (QED) is 0.895. The Hall–Kier alpha value is -2.29. The first-order valence-electron chi connectivity index (χ1n) is 7.64. The van der Waals surface area contributed by atoms with Crippen LogP contribution in [0.5, 0.6) is 5.75 Å². The lowest BCUT2D eigenvalue weighted by Gasteiger charge is -2.17.